The summed E-state index contributed by atoms with van der Waals surface area (Å²) in [6.45, 7) is 0. The first-order valence-corrected chi connectivity index (χ1v) is 8.23. The van der Waals surface area contributed by atoms with Crippen molar-refractivity contribution in [2.24, 2.45) is 0 Å². The normalized spacial score (nSPS) is 15.0. The number of aromatic carboxylic acids is 1. The standard InChI is InChI=1S/C18H12N2O5S/c21-15(19-13-7-5-12(6-8-13)17(23)24)11-3-1-10(2-4-11)9-14-16(22)20-18(25)26-14/h1-9H,(H,19,21)(H,23,24)(H,20,22,25)/b14-9-. The molecule has 0 aromatic heterocycles. The van der Waals surface area contributed by atoms with Gasteiger partial charge in [0.2, 0.25) is 0 Å². The first-order chi connectivity index (χ1) is 12.4. The SMILES string of the molecule is O=C1NC(=O)/C(=C/c2ccc(C(=O)Nc3ccc(C(=O)O)cc3)cc2)S1. The van der Waals surface area contributed by atoms with E-state index in [0.717, 1.165) is 11.8 Å². The summed E-state index contributed by atoms with van der Waals surface area (Å²) in [6, 6.07) is 12.3. The van der Waals surface area contributed by atoms with Crippen LogP contribution in [0.5, 0.6) is 0 Å². The van der Waals surface area contributed by atoms with Crippen molar-refractivity contribution < 1.29 is 24.3 Å². The van der Waals surface area contributed by atoms with Crippen molar-refractivity contribution in [1.82, 2.24) is 5.32 Å². The molecular weight excluding hydrogens is 356 g/mol. The Balaban J connectivity index is 1.69. The number of benzene rings is 2. The number of thioether (sulfide) groups is 1. The highest BCUT2D eigenvalue weighted by atomic mass is 32.2. The molecule has 3 amide bonds. The number of carbonyl (C=O) groups is 4. The lowest BCUT2D eigenvalue weighted by Gasteiger charge is -2.06. The highest BCUT2D eigenvalue weighted by Gasteiger charge is 2.24. The van der Waals surface area contributed by atoms with E-state index < -0.39 is 17.1 Å². The van der Waals surface area contributed by atoms with E-state index in [1.165, 1.54) is 24.3 Å². The molecule has 0 aliphatic carbocycles. The molecule has 0 atom stereocenters. The van der Waals surface area contributed by atoms with E-state index in [4.69, 9.17) is 5.11 Å². The molecule has 7 nitrogen and oxygen atoms in total. The maximum atomic E-state index is 12.2. The lowest BCUT2D eigenvalue weighted by atomic mass is 10.1. The van der Waals surface area contributed by atoms with Crippen LogP contribution < -0.4 is 10.6 Å². The summed E-state index contributed by atoms with van der Waals surface area (Å²) in [5.41, 5.74) is 1.69. The minimum absolute atomic E-state index is 0.132. The Hall–Kier alpha value is -3.39. The average molecular weight is 368 g/mol. The van der Waals surface area contributed by atoms with Crippen LogP contribution in [0, 0.1) is 0 Å². The lowest BCUT2D eigenvalue weighted by Crippen LogP contribution is -2.17. The van der Waals surface area contributed by atoms with E-state index >= 15 is 0 Å². The summed E-state index contributed by atoms with van der Waals surface area (Å²) in [4.78, 5) is 46.0. The number of nitrogens with one attached hydrogen (secondary N) is 2. The van der Waals surface area contributed by atoms with Gasteiger partial charge in [-0.3, -0.25) is 19.7 Å². The van der Waals surface area contributed by atoms with Gasteiger partial charge in [0.15, 0.2) is 0 Å². The molecule has 3 N–H and O–H groups in total. The number of carbonyl (C=O) groups excluding carboxylic acids is 3. The van der Waals surface area contributed by atoms with Crippen LogP contribution >= 0.6 is 11.8 Å². The second-order valence-corrected chi connectivity index (χ2v) is 6.33. The van der Waals surface area contributed by atoms with E-state index in [1.807, 2.05) is 0 Å². The molecule has 0 unspecified atom stereocenters. The van der Waals surface area contributed by atoms with Gasteiger partial charge < -0.3 is 10.4 Å². The summed E-state index contributed by atoms with van der Waals surface area (Å²) in [7, 11) is 0. The molecule has 0 saturated carbocycles. The zero-order chi connectivity index (χ0) is 18.7. The molecule has 0 bridgehead atoms. The molecule has 1 saturated heterocycles. The number of rotatable bonds is 4. The molecule has 1 aliphatic rings. The number of anilines is 1. The second kappa shape index (κ2) is 7.24. The van der Waals surface area contributed by atoms with Gasteiger partial charge in [0.25, 0.3) is 17.1 Å². The van der Waals surface area contributed by atoms with E-state index in [-0.39, 0.29) is 11.5 Å². The predicted molar refractivity (Wildman–Crippen MR) is 96.9 cm³/mol. The summed E-state index contributed by atoms with van der Waals surface area (Å²) < 4.78 is 0. The third-order valence-electron chi connectivity index (χ3n) is 3.50. The Morgan fingerprint density at radius 3 is 2.12 bits per heavy atom. The monoisotopic (exact) mass is 368 g/mol. The molecule has 1 aliphatic heterocycles. The number of imide groups is 1. The molecule has 26 heavy (non-hydrogen) atoms. The third kappa shape index (κ3) is 3.98. The minimum Gasteiger partial charge on any atom is -0.478 e. The van der Waals surface area contributed by atoms with Gasteiger partial charge in [-0.15, -0.1) is 0 Å². The Bertz CT molecular complexity index is 933. The summed E-state index contributed by atoms with van der Waals surface area (Å²) in [5.74, 6) is -1.83. The minimum atomic E-state index is -1.04. The van der Waals surface area contributed by atoms with Crippen LogP contribution in [0.1, 0.15) is 26.3 Å². The zero-order valence-electron chi connectivity index (χ0n) is 13.2. The number of carboxylic acid groups (broad SMARTS) is 1. The van der Waals surface area contributed by atoms with Gasteiger partial charge in [-0.05, 0) is 59.8 Å². The predicted octanol–water partition coefficient (Wildman–Crippen LogP) is 2.96. The van der Waals surface area contributed by atoms with E-state index in [0.29, 0.717) is 21.7 Å². The van der Waals surface area contributed by atoms with Gasteiger partial charge in [0, 0.05) is 11.3 Å². The van der Waals surface area contributed by atoms with E-state index in [1.54, 1.807) is 30.3 Å². The van der Waals surface area contributed by atoms with Gasteiger partial charge in [0.1, 0.15) is 0 Å². The van der Waals surface area contributed by atoms with Crippen LogP contribution in [0.3, 0.4) is 0 Å². The van der Waals surface area contributed by atoms with Crippen molar-refractivity contribution in [2.45, 2.75) is 0 Å². The van der Waals surface area contributed by atoms with Crippen LogP contribution in [0.2, 0.25) is 0 Å². The number of hydrogen-bond acceptors (Lipinski definition) is 5. The van der Waals surface area contributed by atoms with Crippen LogP contribution in [-0.2, 0) is 4.79 Å². The second-order valence-electron chi connectivity index (χ2n) is 5.31. The first-order valence-electron chi connectivity index (χ1n) is 7.42. The van der Waals surface area contributed by atoms with Crippen molar-refractivity contribution in [1.29, 1.82) is 0 Å². The van der Waals surface area contributed by atoms with Crippen molar-refractivity contribution in [3.8, 4) is 0 Å². The van der Waals surface area contributed by atoms with E-state index in [2.05, 4.69) is 10.6 Å². The van der Waals surface area contributed by atoms with Gasteiger partial charge >= 0.3 is 5.97 Å². The third-order valence-corrected chi connectivity index (χ3v) is 4.31. The Labute approximate surface area is 152 Å². The Morgan fingerprint density at radius 2 is 1.58 bits per heavy atom. The number of hydrogen-bond donors (Lipinski definition) is 3. The fraction of sp³-hybridized carbons (Fsp3) is 0. The quantitative estimate of drug-likeness (QED) is 0.715. The van der Waals surface area contributed by atoms with Gasteiger partial charge in [-0.1, -0.05) is 12.1 Å². The zero-order valence-corrected chi connectivity index (χ0v) is 14.0. The van der Waals surface area contributed by atoms with Crippen LogP contribution in [0.15, 0.2) is 53.4 Å². The summed E-state index contributed by atoms with van der Waals surface area (Å²) in [5, 5.41) is 13.3. The molecule has 0 radical (unpaired) electrons. The molecule has 130 valence electrons. The largest absolute Gasteiger partial charge is 0.478 e. The van der Waals surface area contributed by atoms with Crippen molar-refractivity contribution in [3.63, 3.8) is 0 Å². The highest BCUT2D eigenvalue weighted by molar-refractivity contribution is 8.18. The van der Waals surface area contributed by atoms with Crippen LogP contribution in [-0.4, -0.2) is 28.1 Å². The van der Waals surface area contributed by atoms with Crippen molar-refractivity contribution in [2.75, 3.05) is 5.32 Å². The van der Waals surface area contributed by atoms with Crippen molar-refractivity contribution >= 4 is 46.5 Å². The Kier molecular flexibility index (Phi) is 4.85. The molecule has 2 aromatic rings. The average Bonchev–Trinajstić information content (AvgIpc) is 2.93. The number of carboxylic acids is 1. The smallest absolute Gasteiger partial charge is 0.335 e. The van der Waals surface area contributed by atoms with Crippen LogP contribution in [0.25, 0.3) is 6.08 Å². The molecule has 0 spiro atoms. The molecule has 2 aromatic carbocycles. The Morgan fingerprint density at radius 1 is 0.962 bits per heavy atom. The summed E-state index contributed by atoms with van der Waals surface area (Å²) >= 11 is 0.824. The molecule has 8 heteroatoms. The number of amides is 3. The van der Waals surface area contributed by atoms with Crippen LogP contribution in [0.4, 0.5) is 10.5 Å². The summed E-state index contributed by atoms with van der Waals surface area (Å²) in [6.07, 6.45) is 1.57. The van der Waals surface area contributed by atoms with Gasteiger partial charge in [-0.2, -0.15) is 0 Å². The van der Waals surface area contributed by atoms with Gasteiger partial charge in [-0.25, -0.2) is 4.79 Å². The molecule has 1 heterocycles. The first kappa shape index (κ1) is 17.4. The molecule has 1 fully saturated rings. The fourth-order valence-corrected chi connectivity index (χ4v) is 2.88. The molecular formula is C18H12N2O5S. The molecule has 3 rings (SSSR count). The van der Waals surface area contributed by atoms with Gasteiger partial charge in [0.05, 0.1) is 10.5 Å². The topological polar surface area (TPSA) is 113 Å². The lowest BCUT2D eigenvalue weighted by molar-refractivity contribution is -0.115. The van der Waals surface area contributed by atoms with E-state index in [9.17, 15) is 19.2 Å². The van der Waals surface area contributed by atoms with Crippen molar-refractivity contribution in [3.05, 3.63) is 70.1 Å². The maximum Gasteiger partial charge on any atom is 0.335 e. The fourth-order valence-electron chi connectivity index (χ4n) is 2.20. The highest BCUT2D eigenvalue weighted by Crippen LogP contribution is 2.25. The maximum absolute atomic E-state index is 12.2.